The Morgan fingerprint density at radius 2 is 1.54 bits per heavy atom. The van der Waals surface area contributed by atoms with E-state index in [4.69, 9.17) is 9.84 Å². The minimum absolute atomic E-state index is 0.0248. The summed E-state index contributed by atoms with van der Waals surface area (Å²) in [6, 6.07) is 0. The summed E-state index contributed by atoms with van der Waals surface area (Å²) >= 11 is 0. The molecule has 0 aromatic carbocycles. The summed E-state index contributed by atoms with van der Waals surface area (Å²) in [5.41, 5.74) is 2.84. The molecule has 5 saturated carbocycles. The molecular formula is C35H56O4. The number of carboxylic acid groups (broad SMARTS) is 1. The Morgan fingerprint density at radius 3 is 2.21 bits per heavy atom. The summed E-state index contributed by atoms with van der Waals surface area (Å²) in [5, 5.41) is 8.93. The first kappa shape index (κ1) is 29.2. The van der Waals surface area contributed by atoms with E-state index >= 15 is 0 Å². The Hall–Kier alpha value is -1.32. The second-order valence-electron chi connectivity index (χ2n) is 16.4. The Labute approximate surface area is 238 Å². The van der Waals surface area contributed by atoms with Gasteiger partial charge in [-0.25, -0.2) is 0 Å². The molecule has 4 nitrogen and oxygen atoms in total. The molecular weight excluding hydrogens is 484 g/mol. The number of hydrogen-bond acceptors (Lipinski definition) is 3. The van der Waals surface area contributed by atoms with Crippen molar-refractivity contribution in [1.29, 1.82) is 0 Å². The summed E-state index contributed by atoms with van der Waals surface area (Å²) in [5.74, 6) is 2.48. The predicted octanol–water partition coefficient (Wildman–Crippen LogP) is 8.83. The third-order valence-corrected chi connectivity index (χ3v) is 14.5. The number of rotatable bonds is 6. The second-order valence-corrected chi connectivity index (χ2v) is 16.4. The molecule has 5 fully saturated rings. The smallest absolute Gasteiger partial charge is 0.306 e. The molecule has 1 unspecified atom stereocenters. The van der Waals surface area contributed by atoms with Gasteiger partial charge in [-0.2, -0.15) is 0 Å². The van der Waals surface area contributed by atoms with Gasteiger partial charge >= 0.3 is 11.9 Å². The van der Waals surface area contributed by atoms with E-state index in [0.717, 1.165) is 24.7 Å². The number of ether oxygens (including phenoxy) is 1. The van der Waals surface area contributed by atoms with Gasteiger partial charge in [-0.1, -0.05) is 53.7 Å². The highest BCUT2D eigenvalue weighted by molar-refractivity contribution is 5.71. The van der Waals surface area contributed by atoms with E-state index in [1.54, 1.807) is 0 Å². The van der Waals surface area contributed by atoms with Crippen LogP contribution in [0.3, 0.4) is 0 Å². The van der Waals surface area contributed by atoms with Crippen molar-refractivity contribution in [2.75, 3.05) is 0 Å². The van der Waals surface area contributed by atoms with E-state index in [2.05, 4.69) is 55.0 Å². The van der Waals surface area contributed by atoms with E-state index in [1.807, 2.05) is 0 Å². The monoisotopic (exact) mass is 540 g/mol. The maximum Gasteiger partial charge on any atom is 0.306 e. The molecule has 5 aliphatic rings. The van der Waals surface area contributed by atoms with Crippen molar-refractivity contribution < 1.29 is 19.4 Å². The summed E-state index contributed by atoms with van der Waals surface area (Å²) < 4.78 is 6.10. The van der Waals surface area contributed by atoms with Crippen molar-refractivity contribution in [1.82, 2.24) is 0 Å². The first-order valence-electron chi connectivity index (χ1n) is 16.2. The number of carboxylic acids is 1. The Balaban J connectivity index is 1.38. The molecule has 0 aromatic rings. The number of fused-ring (bicyclic) bond motifs is 7. The molecule has 5 aliphatic carbocycles. The zero-order valence-corrected chi connectivity index (χ0v) is 26.0. The minimum atomic E-state index is -0.851. The Bertz CT molecular complexity index is 1010. The zero-order valence-electron chi connectivity index (χ0n) is 26.0. The standard InChI is InChI=1S/C35H56O4/c1-22(2)23-14-17-32(5)20-21-34(7)24(30(23)32)12-13-26-33(6)18-16-27(39-29(38)11-9-10-28(36)37)31(3,4)25(33)15-19-35(26,34)8/h23-27,30H,1,9-21H2,2-8H3,(H,36,37)/t23-,24?,25-,26+,27-,30+,32+,33-,34+,35+/m0/s1. The first-order chi connectivity index (χ1) is 18.1. The fourth-order valence-electron chi connectivity index (χ4n) is 12.3. The number of hydrogen-bond donors (Lipinski definition) is 1. The van der Waals surface area contributed by atoms with Crippen LogP contribution in [0, 0.1) is 56.7 Å². The maximum atomic E-state index is 12.7. The fourth-order valence-corrected chi connectivity index (χ4v) is 12.3. The summed E-state index contributed by atoms with van der Waals surface area (Å²) in [7, 11) is 0. The summed E-state index contributed by atoms with van der Waals surface area (Å²) in [6.07, 6.45) is 13.3. The van der Waals surface area contributed by atoms with Crippen LogP contribution in [0.4, 0.5) is 0 Å². The highest BCUT2D eigenvalue weighted by Gasteiger charge is 2.70. The average Bonchev–Trinajstić information content (AvgIpc) is 3.19. The number of allylic oxidation sites excluding steroid dienone is 1. The van der Waals surface area contributed by atoms with Gasteiger partial charge in [0, 0.05) is 18.3 Å². The summed E-state index contributed by atoms with van der Waals surface area (Å²) in [6.45, 7) is 22.1. The van der Waals surface area contributed by atoms with Crippen molar-refractivity contribution in [3.8, 4) is 0 Å². The third-order valence-electron chi connectivity index (χ3n) is 14.5. The van der Waals surface area contributed by atoms with E-state index in [-0.39, 0.29) is 35.7 Å². The van der Waals surface area contributed by atoms with E-state index in [1.165, 1.54) is 56.9 Å². The lowest BCUT2D eigenvalue weighted by molar-refractivity contribution is -0.249. The molecule has 4 heteroatoms. The molecule has 0 heterocycles. The van der Waals surface area contributed by atoms with Gasteiger partial charge in [-0.05, 0) is 129 Å². The quantitative estimate of drug-likeness (QED) is 0.270. The van der Waals surface area contributed by atoms with Gasteiger partial charge in [-0.15, -0.1) is 0 Å². The van der Waals surface area contributed by atoms with Crippen LogP contribution in [0.1, 0.15) is 132 Å². The molecule has 0 aliphatic heterocycles. The van der Waals surface area contributed by atoms with Crippen LogP contribution in [0.15, 0.2) is 12.2 Å². The molecule has 0 aromatic heterocycles. The van der Waals surface area contributed by atoms with E-state index in [0.29, 0.717) is 40.4 Å². The molecule has 0 spiro atoms. The van der Waals surface area contributed by atoms with Crippen molar-refractivity contribution in [2.24, 2.45) is 56.7 Å². The lowest BCUT2D eigenvalue weighted by atomic mass is 9.32. The average molecular weight is 541 g/mol. The largest absolute Gasteiger partial charge is 0.481 e. The van der Waals surface area contributed by atoms with Crippen molar-refractivity contribution in [2.45, 2.75) is 138 Å². The molecule has 0 saturated heterocycles. The number of carbonyl (C=O) groups is 2. The number of carbonyl (C=O) groups excluding carboxylic acids is 1. The van der Waals surface area contributed by atoms with Crippen LogP contribution in [0.2, 0.25) is 0 Å². The molecule has 0 amide bonds. The van der Waals surface area contributed by atoms with Crippen molar-refractivity contribution in [3.05, 3.63) is 12.2 Å². The fraction of sp³-hybridized carbons (Fsp3) is 0.886. The third kappa shape index (κ3) is 4.27. The van der Waals surface area contributed by atoms with Crippen LogP contribution in [0.5, 0.6) is 0 Å². The highest BCUT2D eigenvalue weighted by atomic mass is 16.5. The molecule has 10 atom stereocenters. The van der Waals surface area contributed by atoms with Gasteiger partial charge in [0.2, 0.25) is 0 Å². The van der Waals surface area contributed by atoms with E-state index < -0.39 is 5.97 Å². The summed E-state index contributed by atoms with van der Waals surface area (Å²) in [4.78, 5) is 23.5. The lowest BCUT2D eigenvalue weighted by Crippen LogP contribution is -2.66. The van der Waals surface area contributed by atoms with Gasteiger partial charge in [0.05, 0.1) is 0 Å². The Kier molecular flexibility index (Phi) is 7.20. The number of aliphatic carboxylic acids is 1. The lowest BCUT2D eigenvalue weighted by Gasteiger charge is -2.73. The highest BCUT2D eigenvalue weighted by Crippen LogP contribution is 2.77. The Morgan fingerprint density at radius 1 is 0.821 bits per heavy atom. The molecule has 39 heavy (non-hydrogen) atoms. The van der Waals surface area contributed by atoms with Crippen LogP contribution in [0.25, 0.3) is 0 Å². The maximum absolute atomic E-state index is 12.7. The van der Waals surface area contributed by atoms with Gasteiger partial charge in [0.15, 0.2) is 0 Å². The topological polar surface area (TPSA) is 63.6 Å². The van der Waals surface area contributed by atoms with Crippen molar-refractivity contribution in [3.63, 3.8) is 0 Å². The number of esters is 1. The van der Waals surface area contributed by atoms with Crippen LogP contribution in [-0.4, -0.2) is 23.1 Å². The molecule has 0 radical (unpaired) electrons. The minimum Gasteiger partial charge on any atom is -0.481 e. The van der Waals surface area contributed by atoms with Crippen LogP contribution >= 0.6 is 0 Å². The second kappa shape index (κ2) is 9.62. The zero-order chi connectivity index (χ0) is 28.6. The molecule has 5 rings (SSSR count). The van der Waals surface area contributed by atoms with Crippen LogP contribution in [-0.2, 0) is 14.3 Å². The van der Waals surface area contributed by atoms with Gasteiger partial charge < -0.3 is 9.84 Å². The van der Waals surface area contributed by atoms with Crippen molar-refractivity contribution >= 4 is 11.9 Å². The van der Waals surface area contributed by atoms with Gasteiger partial charge in [-0.3, -0.25) is 9.59 Å². The first-order valence-corrected chi connectivity index (χ1v) is 16.2. The SMILES string of the molecule is C=C(C)[C@@H]1CC[C@]2(C)CC[C@]3(C)C(CC[C@@H]4[C@@]5(C)CC[C@H](OC(=O)CCCC(=O)O)C(C)(C)[C@@H]5CC[C@]43C)[C@@H]12. The van der Waals surface area contributed by atoms with Gasteiger partial charge in [0.25, 0.3) is 0 Å². The molecule has 220 valence electrons. The van der Waals surface area contributed by atoms with Gasteiger partial charge in [0.1, 0.15) is 6.10 Å². The van der Waals surface area contributed by atoms with E-state index in [9.17, 15) is 9.59 Å². The molecule has 0 bridgehead atoms. The van der Waals surface area contributed by atoms with Crippen LogP contribution < -0.4 is 0 Å². The normalized spacial score (nSPS) is 48.2. The molecule has 1 N–H and O–H groups in total. The predicted molar refractivity (Wildman–Crippen MR) is 156 cm³/mol.